The Balaban J connectivity index is 2.65. The van der Waals surface area contributed by atoms with Crippen LogP contribution >= 0.6 is 0 Å². The predicted octanol–water partition coefficient (Wildman–Crippen LogP) is 2.73. The maximum Gasteiger partial charge on any atom is 0.188 e. The van der Waals surface area contributed by atoms with Gasteiger partial charge in [-0.25, -0.2) is 0 Å². The number of ether oxygens (including phenoxy) is 1. The highest BCUT2D eigenvalue weighted by atomic mass is 16.5. The lowest BCUT2D eigenvalue weighted by atomic mass is 10.1. The fraction of sp³-hybridized carbons (Fsp3) is 0.250. The second-order valence-corrected chi connectivity index (χ2v) is 2.99. The van der Waals surface area contributed by atoms with Gasteiger partial charge in [0.25, 0.3) is 0 Å². The topological polar surface area (TPSA) is 26.3 Å². The molecule has 0 aliphatic rings. The van der Waals surface area contributed by atoms with Gasteiger partial charge in [-0.05, 0) is 13.8 Å². The summed E-state index contributed by atoms with van der Waals surface area (Å²) in [7, 11) is 0. The number of hydrogen-bond donors (Lipinski definition) is 0. The molecule has 74 valence electrons. The number of carbonyl (C=O) groups is 1. The molecular weight excluding hydrogens is 176 g/mol. The van der Waals surface area contributed by atoms with Crippen molar-refractivity contribution in [2.45, 2.75) is 13.8 Å². The summed E-state index contributed by atoms with van der Waals surface area (Å²) in [6.45, 7) is 4.45. The van der Waals surface area contributed by atoms with Crippen molar-refractivity contribution in [3.05, 3.63) is 47.7 Å². The smallest absolute Gasteiger partial charge is 0.188 e. The summed E-state index contributed by atoms with van der Waals surface area (Å²) in [5.74, 6) is -0.0292. The first-order chi connectivity index (χ1) is 6.74. The number of ketones is 1. The van der Waals surface area contributed by atoms with Crippen LogP contribution in [0.5, 0.6) is 0 Å². The molecule has 2 heteroatoms. The first-order valence-electron chi connectivity index (χ1n) is 4.63. The van der Waals surface area contributed by atoms with Crippen LogP contribution in [0.25, 0.3) is 0 Å². The van der Waals surface area contributed by atoms with E-state index in [-0.39, 0.29) is 5.78 Å². The van der Waals surface area contributed by atoms with Crippen molar-refractivity contribution >= 4 is 5.78 Å². The Labute approximate surface area is 84.2 Å². The van der Waals surface area contributed by atoms with Crippen molar-refractivity contribution in [3.8, 4) is 0 Å². The lowest BCUT2D eigenvalue weighted by Crippen LogP contribution is -1.94. The zero-order chi connectivity index (χ0) is 10.4. The molecule has 0 saturated carbocycles. The van der Waals surface area contributed by atoms with E-state index in [4.69, 9.17) is 4.74 Å². The van der Waals surface area contributed by atoms with Crippen LogP contribution < -0.4 is 0 Å². The summed E-state index contributed by atoms with van der Waals surface area (Å²) >= 11 is 0. The summed E-state index contributed by atoms with van der Waals surface area (Å²) in [5, 5.41) is 0. The lowest BCUT2D eigenvalue weighted by molar-refractivity contribution is 0.104. The molecule has 0 aliphatic carbocycles. The predicted molar refractivity (Wildman–Crippen MR) is 56.3 cm³/mol. The molecule has 0 fully saturated rings. The number of hydrogen-bond acceptors (Lipinski definition) is 2. The monoisotopic (exact) mass is 190 g/mol. The van der Waals surface area contributed by atoms with E-state index >= 15 is 0 Å². The molecule has 1 rings (SSSR count). The molecule has 0 bridgehead atoms. The summed E-state index contributed by atoms with van der Waals surface area (Å²) in [5.41, 5.74) is 1.84. The van der Waals surface area contributed by atoms with E-state index in [9.17, 15) is 4.79 Å². The molecular formula is C12H14O2. The van der Waals surface area contributed by atoms with Crippen LogP contribution in [0, 0.1) is 6.92 Å². The summed E-state index contributed by atoms with van der Waals surface area (Å²) in [4.78, 5) is 11.5. The van der Waals surface area contributed by atoms with Crippen LogP contribution in [0.15, 0.2) is 36.6 Å². The normalized spacial score (nSPS) is 10.4. The minimum Gasteiger partial charge on any atom is -0.501 e. The highest BCUT2D eigenvalue weighted by Crippen LogP contribution is 2.04. The highest BCUT2D eigenvalue weighted by molar-refractivity contribution is 6.04. The van der Waals surface area contributed by atoms with Gasteiger partial charge in [-0.1, -0.05) is 29.8 Å². The highest BCUT2D eigenvalue weighted by Gasteiger charge is 1.99. The number of allylic oxidation sites excluding steroid dienone is 1. The molecule has 2 nitrogen and oxygen atoms in total. The Morgan fingerprint density at radius 1 is 1.36 bits per heavy atom. The first-order valence-corrected chi connectivity index (χ1v) is 4.63. The van der Waals surface area contributed by atoms with Gasteiger partial charge in [-0.15, -0.1) is 0 Å². The van der Waals surface area contributed by atoms with Crippen molar-refractivity contribution in [1.82, 2.24) is 0 Å². The van der Waals surface area contributed by atoms with Crippen molar-refractivity contribution in [1.29, 1.82) is 0 Å². The van der Waals surface area contributed by atoms with Gasteiger partial charge in [-0.2, -0.15) is 0 Å². The minimum absolute atomic E-state index is 0.0292. The molecule has 0 amide bonds. The Bertz CT molecular complexity index is 323. The molecule has 0 saturated heterocycles. The molecule has 1 aromatic rings. The maximum atomic E-state index is 11.5. The molecule has 0 aliphatic heterocycles. The van der Waals surface area contributed by atoms with Crippen LogP contribution in [0.1, 0.15) is 22.8 Å². The van der Waals surface area contributed by atoms with E-state index < -0.39 is 0 Å². The Morgan fingerprint density at radius 2 is 2.00 bits per heavy atom. The van der Waals surface area contributed by atoms with Gasteiger partial charge in [0.05, 0.1) is 12.9 Å². The molecule has 0 N–H and O–H groups in total. The maximum absolute atomic E-state index is 11.5. The third-order valence-corrected chi connectivity index (χ3v) is 1.82. The second kappa shape index (κ2) is 5.22. The fourth-order valence-electron chi connectivity index (χ4n) is 1.02. The Morgan fingerprint density at radius 3 is 2.57 bits per heavy atom. The fourth-order valence-corrected chi connectivity index (χ4v) is 1.02. The van der Waals surface area contributed by atoms with Crippen LogP contribution in [0.3, 0.4) is 0 Å². The summed E-state index contributed by atoms with van der Waals surface area (Å²) < 4.78 is 4.95. The number of rotatable bonds is 4. The number of carbonyl (C=O) groups excluding carboxylic acids is 1. The molecule has 0 radical (unpaired) electrons. The third kappa shape index (κ3) is 3.05. The van der Waals surface area contributed by atoms with E-state index in [1.54, 1.807) is 0 Å². The van der Waals surface area contributed by atoms with E-state index in [0.29, 0.717) is 12.2 Å². The van der Waals surface area contributed by atoms with Gasteiger partial charge in [-0.3, -0.25) is 4.79 Å². The summed E-state index contributed by atoms with van der Waals surface area (Å²) in [6.07, 6.45) is 2.87. The van der Waals surface area contributed by atoms with E-state index in [1.807, 2.05) is 38.1 Å². The van der Waals surface area contributed by atoms with Crippen LogP contribution in [-0.2, 0) is 4.74 Å². The van der Waals surface area contributed by atoms with Gasteiger partial charge >= 0.3 is 0 Å². The second-order valence-electron chi connectivity index (χ2n) is 2.99. The van der Waals surface area contributed by atoms with E-state index in [2.05, 4.69) is 0 Å². The molecule has 0 unspecified atom stereocenters. The van der Waals surface area contributed by atoms with E-state index in [0.717, 1.165) is 5.56 Å². The van der Waals surface area contributed by atoms with Crippen LogP contribution in [-0.4, -0.2) is 12.4 Å². The van der Waals surface area contributed by atoms with Crippen molar-refractivity contribution in [2.75, 3.05) is 6.61 Å². The zero-order valence-corrected chi connectivity index (χ0v) is 8.49. The zero-order valence-electron chi connectivity index (χ0n) is 8.49. The average Bonchev–Trinajstić information content (AvgIpc) is 2.19. The third-order valence-electron chi connectivity index (χ3n) is 1.82. The number of benzene rings is 1. The number of aryl methyl sites for hydroxylation is 1. The largest absolute Gasteiger partial charge is 0.501 e. The van der Waals surface area contributed by atoms with Crippen molar-refractivity contribution < 1.29 is 9.53 Å². The van der Waals surface area contributed by atoms with E-state index in [1.165, 1.54) is 12.3 Å². The first kappa shape index (κ1) is 10.5. The Hall–Kier alpha value is -1.57. The minimum atomic E-state index is -0.0292. The van der Waals surface area contributed by atoms with Gasteiger partial charge < -0.3 is 4.74 Å². The quantitative estimate of drug-likeness (QED) is 0.414. The lowest BCUT2D eigenvalue weighted by Gasteiger charge is -1.96. The molecule has 0 aromatic heterocycles. The van der Waals surface area contributed by atoms with Crippen LogP contribution in [0.2, 0.25) is 0 Å². The summed E-state index contributed by atoms with van der Waals surface area (Å²) in [6, 6.07) is 7.46. The standard InChI is InChI=1S/C12H14O2/c1-3-14-9-8-12(13)11-6-4-10(2)5-7-11/h4-9H,3H2,1-2H3. The van der Waals surface area contributed by atoms with Gasteiger partial charge in [0.2, 0.25) is 0 Å². The van der Waals surface area contributed by atoms with Crippen molar-refractivity contribution in [3.63, 3.8) is 0 Å². The van der Waals surface area contributed by atoms with Gasteiger partial charge in [0, 0.05) is 11.6 Å². The molecule has 0 atom stereocenters. The van der Waals surface area contributed by atoms with Crippen molar-refractivity contribution in [2.24, 2.45) is 0 Å². The molecule has 14 heavy (non-hydrogen) atoms. The van der Waals surface area contributed by atoms with Crippen LogP contribution in [0.4, 0.5) is 0 Å². The molecule has 1 aromatic carbocycles. The average molecular weight is 190 g/mol. The molecule has 0 heterocycles. The molecule has 0 spiro atoms. The Kier molecular flexibility index (Phi) is 3.92. The SMILES string of the molecule is CCOC=CC(=O)c1ccc(C)cc1. The van der Waals surface area contributed by atoms with Gasteiger partial charge in [0.15, 0.2) is 5.78 Å². The van der Waals surface area contributed by atoms with Gasteiger partial charge in [0.1, 0.15) is 0 Å².